The van der Waals surface area contributed by atoms with E-state index in [1.54, 1.807) is 7.11 Å². The third kappa shape index (κ3) is 4.72. The van der Waals surface area contributed by atoms with Gasteiger partial charge in [0.25, 0.3) is 5.91 Å². The predicted octanol–water partition coefficient (Wildman–Crippen LogP) is 3.86. The Morgan fingerprint density at radius 1 is 1.13 bits per heavy atom. The summed E-state index contributed by atoms with van der Waals surface area (Å²) < 4.78 is 12.3. The molecule has 1 amide bonds. The summed E-state index contributed by atoms with van der Waals surface area (Å²) in [5.74, 6) is 2.60. The van der Waals surface area contributed by atoms with E-state index < -0.39 is 0 Å². The minimum atomic E-state index is -0.0462. The Hall–Kier alpha value is -4.48. The highest BCUT2D eigenvalue weighted by Gasteiger charge is 2.30. The van der Waals surface area contributed by atoms with Gasteiger partial charge in [-0.2, -0.15) is 0 Å². The molecule has 0 spiro atoms. The number of imidazole rings is 1. The van der Waals surface area contributed by atoms with Gasteiger partial charge < -0.3 is 29.8 Å². The summed E-state index contributed by atoms with van der Waals surface area (Å²) >= 11 is 0. The van der Waals surface area contributed by atoms with Gasteiger partial charge in [0.1, 0.15) is 11.3 Å². The molecule has 5 aromatic rings. The zero-order valence-electron chi connectivity index (χ0n) is 26.0. The molecule has 2 aliphatic heterocycles. The van der Waals surface area contributed by atoms with Crippen molar-refractivity contribution in [1.29, 1.82) is 0 Å². The maximum Gasteiger partial charge on any atom is 0.254 e. The van der Waals surface area contributed by atoms with E-state index in [9.17, 15) is 4.79 Å². The molecule has 3 N–H and O–H groups in total. The van der Waals surface area contributed by atoms with Gasteiger partial charge in [0.2, 0.25) is 0 Å². The summed E-state index contributed by atoms with van der Waals surface area (Å²) in [5.41, 5.74) is 12.3. The zero-order valence-corrected chi connectivity index (χ0v) is 26.0. The molecule has 45 heavy (non-hydrogen) atoms. The van der Waals surface area contributed by atoms with Crippen LogP contribution in [0.15, 0.2) is 54.7 Å². The van der Waals surface area contributed by atoms with Crippen LogP contribution in [-0.4, -0.2) is 79.2 Å². The number of fused-ring (bicyclic) bond motifs is 2. The molecular formula is C34H39N9O2. The molecule has 0 bridgehead atoms. The zero-order chi connectivity index (χ0) is 30.8. The first kappa shape index (κ1) is 28.0. The summed E-state index contributed by atoms with van der Waals surface area (Å²) in [7, 11) is 3.67. The highest BCUT2D eigenvalue weighted by Crippen LogP contribution is 2.39. The standard InChI is InChI=1S/C34H39N9O2/c1-20-7-8-22(14-35)18-41(20)34(44)24-11-26-32(30(13-24)45-3)40(2)33(37-26)29-12-23-5-4-6-28(31(23)42(29)17-21-9-10-21)43-19-27(38-39-43)25-15-36-16-25/h4-8,11-13,19-22,25,36H,9-10,14-18,35H2,1-3H3/t20-,22?/m0/s1. The molecular weight excluding hydrogens is 566 g/mol. The van der Waals surface area contributed by atoms with Gasteiger partial charge in [0.05, 0.1) is 41.4 Å². The van der Waals surface area contributed by atoms with Crippen LogP contribution in [0.4, 0.5) is 0 Å². The summed E-state index contributed by atoms with van der Waals surface area (Å²) in [5, 5.41) is 13.5. The normalized spacial score (nSPS) is 20.3. The van der Waals surface area contributed by atoms with Crippen LogP contribution in [-0.2, 0) is 13.6 Å². The third-order valence-electron chi connectivity index (χ3n) is 9.77. The van der Waals surface area contributed by atoms with E-state index in [-0.39, 0.29) is 17.9 Å². The highest BCUT2D eigenvalue weighted by molar-refractivity contribution is 6.00. The van der Waals surface area contributed by atoms with Gasteiger partial charge in [-0.25, -0.2) is 9.67 Å². The molecule has 11 heteroatoms. The minimum absolute atomic E-state index is 0.0138. The summed E-state index contributed by atoms with van der Waals surface area (Å²) in [6.07, 6.45) is 8.69. The van der Waals surface area contributed by atoms with E-state index in [1.165, 1.54) is 12.8 Å². The molecule has 8 rings (SSSR count). The number of para-hydroxylation sites is 1. The number of methoxy groups -OCH3 is 1. The average molecular weight is 606 g/mol. The first-order valence-electron chi connectivity index (χ1n) is 15.9. The second kappa shape index (κ2) is 10.8. The van der Waals surface area contributed by atoms with E-state index >= 15 is 0 Å². The second-order valence-corrected chi connectivity index (χ2v) is 12.9. The highest BCUT2D eigenvalue weighted by atomic mass is 16.5. The fourth-order valence-corrected chi connectivity index (χ4v) is 6.81. The lowest BCUT2D eigenvalue weighted by Gasteiger charge is -2.33. The van der Waals surface area contributed by atoms with Crippen molar-refractivity contribution >= 4 is 27.8 Å². The van der Waals surface area contributed by atoms with Crippen LogP contribution in [0.1, 0.15) is 41.7 Å². The SMILES string of the molecule is COc1cc(C(=O)N2CC(CN)C=C[C@@H]2C)cc2nc(-c3cc4cccc(-n5cc(C6CNC6)nn5)c4n3CC3CC3)n(C)c12. The molecule has 1 aliphatic carbocycles. The molecule has 1 saturated carbocycles. The largest absolute Gasteiger partial charge is 0.494 e. The lowest BCUT2D eigenvalue weighted by Crippen LogP contribution is -2.44. The fourth-order valence-electron chi connectivity index (χ4n) is 6.81. The van der Waals surface area contributed by atoms with E-state index in [2.05, 4.69) is 67.4 Å². The smallest absolute Gasteiger partial charge is 0.254 e. The molecule has 5 heterocycles. The summed E-state index contributed by atoms with van der Waals surface area (Å²) in [4.78, 5) is 20.9. The number of amides is 1. The van der Waals surface area contributed by atoms with Crippen molar-refractivity contribution in [2.45, 2.75) is 38.3 Å². The Balaban J connectivity index is 1.25. The quantitative estimate of drug-likeness (QED) is 0.258. The van der Waals surface area contributed by atoms with Crippen LogP contribution in [0.25, 0.3) is 39.1 Å². The number of rotatable bonds is 8. The van der Waals surface area contributed by atoms with Gasteiger partial charge in [0, 0.05) is 68.6 Å². The number of aromatic nitrogens is 6. The summed E-state index contributed by atoms with van der Waals surface area (Å²) in [6, 6.07) is 12.3. The van der Waals surface area contributed by atoms with Crippen molar-refractivity contribution in [3.63, 3.8) is 0 Å². The maximum atomic E-state index is 13.8. The monoisotopic (exact) mass is 605 g/mol. The fraction of sp³-hybridized carbons (Fsp3) is 0.412. The maximum absolute atomic E-state index is 13.8. The number of hydrogen-bond donors (Lipinski definition) is 2. The Labute approximate surface area is 261 Å². The number of carbonyl (C=O) groups excluding carboxylic acids is 1. The van der Waals surface area contributed by atoms with Crippen LogP contribution in [0.2, 0.25) is 0 Å². The molecule has 232 valence electrons. The van der Waals surface area contributed by atoms with E-state index in [4.69, 9.17) is 15.5 Å². The first-order chi connectivity index (χ1) is 21.9. The topological polar surface area (TPSA) is 121 Å². The molecule has 2 aromatic carbocycles. The molecule has 3 aliphatic rings. The number of nitrogens with two attached hydrogens (primary N) is 1. The van der Waals surface area contributed by atoms with Crippen molar-refractivity contribution in [3.8, 4) is 23.0 Å². The predicted molar refractivity (Wildman–Crippen MR) is 174 cm³/mol. The van der Waals surface area contributed by atoms with Crippen LogP contribution in [0, 0.1) is 11.8 Å². The van der Waals surface area contributed by atoms with Gasteiger partial charge in [-0.1, -0.05) is 29.5 Å². The van der Waals surface area contributed by atoms with E-state index in [0.29, 0.717) is 36.2 Å². The lowest BCUT2D eigenvalue weighted by molar-refractivity contribution is 0.0693. The van der Waals surface area contributed by atoms with Crippen LogP contribution < -0.4 is 15.8 Å². The number of aryl methyl sites for hydroxylation is 1. The Kier molecular flexibility index (Phi) is 6.76. The number of hydrogen-bond acceptors (Lipinski definition) is 7. The Bertz CT molecular complexity index is 1960. The number of ether oxygens (including phenoxy) is 1. The third-order valence-corrected chi connectivity index (χ3v) is 9.77. The molecule has 0 radical (unpaired) electrons. The van der Waals surface area contributed by atoms with Crippen LogP contribution in [0.5, 0.6) is 5.75 Å². The second-order valence-electron chi connectivity index (χ2n) is 12.9. The number of nitrogens with zero attached hydrogens (tertiary/aromatic N) is 7. The molecule has 3 aromatic heterocycles. The average Bonchev–Trinajstić information content (AvgIpc) is 3.43. The van der Waals surface area contributed by atoms with Gasteiger partial charge >= 0.3 is 0 Å². The van der Waals surface area contributed by atoms with Crippen molar-refractivity contribution in [3.05, 3.63) is 66.0 Å². The van der Waals surface area contributed by atoms with Crippen molar-refractivity contribution in [2.24, 2.45) is 24.6 Å². The summed E-state index contributed by atoms with van der Waals surface area (Å²) in [6.45, 7) is 5.92. The molecule has 2 fully saturated rings. The molecule has 2 atom stereocenters. The Morgan fingerprint density at radius 2 is 1.98 bits per heavy atom. The van der Waals surface area contributed by atoms with Gasteiger partial charge in [-0.15, -0.1) is 5.10 Å². The van der Waals surface area contributed by atoms with Gasteiger partial charge in [0.15, 0.2) is 5.82 Å². The molecule has 1 unspecified atom stereocenters. The van der Waals surface area contributed by atoms with E-state index in [1.807, 2.05) is 35.7 Å². The molecule has 1 saturated heterocycles. The van der Waals surface area contributed by atoms with Crippen molar-refractivity contribution in [1.82, 2.24) is 39.3 Å². The number of carbonyl (C=O) groups is 1. The number of benzene rings is 2. The minimum Gasteiger partial charge on any atom is -0.494 e. The van der Waals surface area contributed by atoms with Crippen LogP contribution >= 0.6 is 0 Å². The van der Waals surface area contributed by atoms with E-state index in [0.717, 1.165) is 64.5 Å². The van der Waals surface area contributed by atoms with Gasteiger partial charge in [-0.05, 0) is 49.9 Å². The number of nitrogens with one attached hydrogen (secondary N) is 1. The van der Waals surface area contributed by atoms with Crippen LogP contribution in [0.3, 0.4) is 0 Å². The lowest BCUT2D eigenvalue weighted by atomic mass is 10.00. The van der Waals surface area contributed by atoms with Gasteiger partial charge in [-0.3, -0.25) is 4.79 Å². The molecule has 11 nitrogen and oxygen atoms in total. The van der Waals surface area contributed by atoms with Crippen molar-refractivity contribution in [2.75, 3.05) is 33.3 Å². The van der Waals surface area contributed by atoms with Crippen molar-refractivity contribution < 1.29 is 9.53 Å². The Morgan fingerprint density at radius 3 is 2.71 bits per heavy atom. The first-order valence-corrected chi connectivity index (χ1v) is 15.9.